The Morgan fingerprint density at radius 3 is 2.56 bits per heavy atom. The van der Waals surface area contributed by atoms with Gasteiger partial charge in [-0.3, -0.25) is 4.79 Å². The Morgan fingerprint density at radius 2 is 1.78 bits per heavy atom. The maximum atomic E-state index is 12.3. The number of fused-ring (bicyclic) bond motifs is 1. The highest BCUT2D eigenvalue weighted by molar-refractivity contribution is 5.92. The predicted octanol–water partition coefficient (Wildman–Crippen LogP) is 3.79. The molecule has 0 aliphatic carbocycles. The maximum absolute atomic E-state index is 12.3. The van der Waals surface area contributed by atoms with E-state index in [9.17, 15) is 4.79 Å². The number of aromatic nitrogens is 1. The number of rotatable bonds is 5. The summed E-state index contributed by atoms with van der Waals surface area (Å²) in [5, 5.41) is 6.11. The zero-order valence-corrected chi connectivity index (χ0v) is 14.9. The standard InChI is InChI=1S/C21H19N3O3/c1-14-2-4-15(5-3-14)11-23-21(25)18-8-6-17(12-22-18)24-16-7-9-19-20(10-16)27-13-26-19/h2-10,12,24H,11,13H2,1H3,(H,23,25). The van der Waals surface area contributed by atoms with Crippen molar-refractivity contribution in [2.45, 2.75) is 13.5 Å². The van der Waals surface area contributed by atoms with Gasteiger partial charge in [0.05, 0.1) is 11.9 Å². The molecule has 4 rings (SSSR count). The number of nitrogens with one attached hydrogen (secondary N) is 2. The first-order valence-corrected chi connectivity index (χ1v) is 8.64. The van der Waals surface area contributed by atoms with Gasteiger partial charge >= 0.3 is 0 Å². The van der Waals surface area contributed by atoms with Crippen LogP contribution in [0.1, 0.15) is 21.6 Å². The number of aryl methyl sites for hydroxylation is 1. The third kappa shape index (κ3) is 4.00. The van der Waals surface area contributed by atoms with Crippen molar-refractivity contribution in [2.24, 2.45) is 0 Å². The molecule has 0 spiro atoms. The van der Waals surface area contributed by atoms with Crippen LogP contribution in [0.2, 0.25) is 0 Å². The molecule has 0 radical (unpaired) electrons. The van der Waals surface area contributed by atoms with Crippen LogP contribution in [0, 0.1) is 6.92 Å². The van der Waals surface area contributed by atoms with Crippen molar-refractivity contribution in [3.05, 3.63) is 77.6 Å². The molecule has 27 heavy (non-hydrogen) atoms. The Labute approximate surface area is 157 Å². The average molecular weight is 361 g/mol. The van der Waals surface area contributed by atoms with Gasteiger partial charge in [0.25, 0.3) is 5.91 Å². The topological polar surface area (TPSA) is 72.5 Å². The fourth-order valence-corrected chi connectivity index (χ4v) is 2.72. The molecule has 0 bridgehead atoms. The van der Waals surface area contributed by atoms with Crippen LogP contribution in [-0.2, 0) is 6.54 Å². The fraction of sp³-hybridized carbons (Fsp3) is 0.143. The van der Waals surface area contributed by atoms with Gasteiger partial charge in [0.15, 0.2) is 11.5 Å². The molecule has 1 amide bonds. The van der Waals surface area contributed by atoms with Crippen LogP contribution < -0.4 is 20.1 Å². The first-order valence-electron chi connectivity index (χ1n) is 8.64. The summed E-state index contributed by atoms with van der Waals surface area (Å²) >= 11 is 0. The molecule has 0 saturated carbocycles. The minimum absolute atomic E-state index is 0.204. The summed E-state index contributed by atoms with van der Waals surface area (Å²) in [6.45, 7) is 2.75. The normalized spacial score (nSPS) is 11.9. The van der Waals surface area contributed by atoms with E-state index in [4.69, 9.17) is 9.47 Å². The van der Waals surface area contributed by atoms with Crippen LogP contribution in [0.3, 0.4) is 0 Å². The molecule has 1 aromatic heterocycles. The summed E-state index contributed by atoms with van der Waals surface area (Å²) < 4.78 is 10.7. The zero-order chi connectivity index (χ0) is 18.6. The number of benzene rings is 2. The van der Waals surface area contributed by atoms with Gasteiger partial charge in [-0.05, 0) is 36.8 Å². The van der Waals surface area contributed by atoms with Crippen LogP contribution in [0.4, 0.5) is 11.4 Å². The number of carbonyl (C=O) groups is 1. The SMILES string of the molecule is Cc1ccc(CNC(=O)c2ccc(Nc3ccc4c(c3)OCO4)cn2)cc1. The van der Waals surface area contributed by atoms with Gasteiger partial charge in [0, 0.05) is 18.3 Å². The minimum Gasteiger partial charge on any atom is -0.454 e. The number of pyridine rings is 1. The molecule has 3 aromatic rings. The van der Waals surface area contributed by atoms with E-state index < -0.39 is 0 Å². The van der Waals surface area contributed by atoms with Gasteiger partial charge in [0.1, 0.15) is 5.69 Å². The highest BCUT2D eigenvalue weighted by Crippen LogP contribution is 2.35. The highest BCUT2D eigenvalue weighted by atomic mass is 16.7. The first-order chi connectivity index (χ1) is 13.2. The molecule has 2 heterocycles. The van der Waals surface area contributed by atoms with Crippen LogP contribution >= 0.6 is 0 Å². The monoisotopic (exact) mass is 361 g/mol. The smallest absolute Gasteiger partial charge is 0.270 e. The molecule has 136 valence electrons. The van der Waals surface area contributed by atoms with Crippen molar-refractivity contribution in [3.63, 3.8) is 0 Å². The van der Waals surface area contributed by atoms with Crippen molar-refractivity contribution in [2.75, 3.05) is 12.1 Å². The molecule has 0 unspecified atom stereocenters. The van der Waals surface area contributed by atoms with Crippen LogP contribution in [-0.4, -0.2) is 17.7 Å². The number of amides is 1. The molecule has 6 heteroatoms. The molecule has 1 aliphatic heterocycles. The van der Waals surface area contributed by atoms with Crippen molar-refractivity contribution < 1.29 is 14.3 Å². The molecule has 0 saturated heterocycles. The molecule has 0 atom stereocenters. The number of carbonyl (C=O) groups excluding carboxylic acids is 1. The lowest BCUT2D eigenvalue weighted by atomic mass is 10.1. The van der Waals surface area contributed by atoms with E-state index in [2.05, 4.69) is 15.6 Å². The minimum atomic E-state index is -0.204. The number of nitrogens with zero attached hydrogens (tertiary/aromatic N) is 1. The molecular weight excluding hydrogens is 342 g/mol. The fourth-order valence-electron chi connectivity index (χ4n) is 2.72. The second-order valence-corrected chi connectivity index (χ2v) is 6.29. The number of ether oxygens (including phenoxy) is 2. The van der Waals surface area contributed by atoms with Crippen LogP contribution in [0.15, 0.2) is 60.8 Å². The van der Waals surface area contributed by atoms with E-state index in [-0.39, 0.29) is 12.7 Å². The summed E-state index contributed by atoms with van der Waals surface area (Å²) in [6.07, 6.45) is 1.63. The number of anilines is 2. The lowest BCUT2D eigenvalue weighted by molar-refractivity contribution is 0.0946. The van der Waals surface area contributed by atoms with Crippen LogP contribution in [0.5, 0.6) is 11.5 Å². The molecular formula is C21H19N3O3. The van der Waals surface area contributed by atoms with Gasteiger partial charge in [-0.25, -0.2) is 4.98 Å². The van der Waals surface area contributed by atoms with Crippen LogP contribution in [0.25, 0.3) is 0 Å². The van der Waals surface area contributed by atoms with Gasteiger partial charge in [0.2, 0.25) is 6.79 Å². The second-order valence-electron chi connectivity index (χ2n) is 6.29. The Kier molecular flexibility index (Phi) is 4.61. The Balaban J connectivity index is 1.36. The second kappa shape index (κ2) is 7.37. The van der Waals surface area contributed by atoms with E-state index in [0.717, 1.165) is 22.7 Å². The molecule has 1 aliphatic rings. The predicted molar refractivity (Wildman–Crippen MR) is 102 cm³/mol. The Bertz CT molecular complexity index is 953. The lowest BCUT2D eigenvalue weighted by Crippen LogP contribution is -2.23. The molecule has 2 N–H and O–H groups in total. The van der Waals surface area contributed by atoms with Crippen molar-refractivity contribution >= 4 is 17.3 Å². The summed E-state index contributed by atoms with van der Waals surface area (Å²) in [6, 6.07) is 17.2. The third-order valence-electron chi connectivity index (χ3n) is 4.23. The zero-order valence-electron chi connectivity index (χ0n) is 14.9. The number of hydrogen-bond donors (Lipinski definition) is 2. The van der Waals surface area contributed by atoms with E-state index in [1.807, 2.05) is 55.5 Å². The highest BCUT2D eigenvalue weighted by Gasteiger charge is 2.13. The van der Waals surface area contributed by atoms with E-state index in [1.165, 1.54) is 5.56 Å². The van der Waals surface area contributed by atoms with Gasteiger partial charge in [-0.15, -0.1) is 0 Å². The van der Waals surface area contributed by atoms with Crippen molar-refractivity contribution in [3.8, 4) is 11.5 Å². The summed E-state index contributed by atoms with van der Waals surface area (Å²) in [5.41, 5.74) is 4.26. The van der Waals surface area contributed by atoms with Gasteiger partial charge < -0.3 is 20.1 Å². The summed E-state index contributed by atoms with van der Waals surface area (Å²) in [7, 11) is 0. The largest absolute Gasteiger partial charge is 0.454 e. The lowest BCUT2D eigenvalue weighted by Gasteiger charge is -2.08. The quantitative estimate of drug-likeness (QED) is 0.723. The van der Waals surface area contributed by atoms with Gasteiger partial charge in [-0.2, -0.15) is 0 Å². The Hall–Kier alpha value is -3.54. The molecule has 2 aromatic carbocycles. The molecule has 6 nitrogen and oxygen atoms in total. The van der Waals surface area contributed by atoms with Gasteiger partial charge in [-0.1, -0.05) is 29.8 Å². The molecule has 0 fully saturated rings. The van der Waals surface area contributed by atoms with E-state index >= 15 is 0 Å². The summed E-state index contributed by atoms with van der Waals surface area (Å²) in [5.74, 6) is 1.24. The number of hydrogen-bond acceptors (Lipinski definition) is 5. The van der Waals surface area contributed by atoms with Crippen molar-refractivity contribution in [1.82, 2.24) is 10.3 Å². The van der Waals surface area contributed by atoms with E-state index in [1.54, 1.807) is 12.3 Å². The maximum Gasteiger partial charge on any atom is 0.270 e. The van der Waals surface area contributed by atoms with E-state index in [0.29, 0.717) is 18.0 Å². The average Bonchev–Trinajstić information content (AvgIpc) is 3.16. The first kappa shape index (κ1) is 16.9. The van der Waals surface area contributed by atoms with Crippen molar-refractivity contribution in [1.29, 1.82) is 0 Å². The summed E-state index contributed by atoms with van der Waals surface area (Å²) in [4.78, 5) is 16.5. The third-order valence-corrected chi connectivity index (χ3v) is 4.23. The Morgan fingerprint density at radius 1 is 1.00 bits per heavy atom.